The van der Waals surface area contributed by atoms with E-state index >= 15 is 0 Å². The molecule has 3 heteroatoms. The van der Waals surface area contributed by atoms with Crippen LogP contribution in [0.15, 0.2) is 24.3 Å². The number of ether oxygens (including phenoxy) is 1. The molecule has 0 unspecified atom stereocenters. The van der Waals surface area contributed by atoms with Crippen molar-refractivity contribution in [2.45, 2.75) is 32.7 Å². The summed E-state index contributed by atoms with van der Waals surface area (Å²) in [4.78, 5) is 11.6. The maximum atomic E-state index is 11.6. The van der Waals surface area contributed by atoms with Crippen LogP contribution in [0.3, 0.4) is 0 Å². The Labute approximate surface area is 108 Å². The standard InChI is InChI=1S/C15H19NO2/c1-15(2,3)16-14(17)7-5-11-4-6-13-12(10-11)8-9-18-13/h4-7,10H,8-9H2,1-3H3,(H,16,17)/b7-5+. The number of amides is 1. The second kappa shape index (κ2) is 4.84. The Hall–Kier alpha value is -1.77. The average molecular weight is 245 g/mol. The van der Waals surface area contributed by atoms with Crippen molar-refractivity contribution < 1.29 is 9.53 Å². The molecule has 0 fully saturated rings. The molecule has 1 heterocycles. The molecule has 1 amide bonds. The van der Waals surface area contributed by atoms with E-state index in [0.29, 0.717) is 0 Å². The molecule has 18 heavy (non-hydrogen) atoms. The van der Waals surface area contributed by atoms with E-state index in [4.69, 9.17) is 4.74 Å². The van der Waals surface area contributed by atoms with Gasteiger partial charge in [0.25, 0.3) is 0 Å². The lowest BCUT2D eigenvalue weighted by Gasteiger charge is -2.18. The molecule has 1 aliphatic rings. The normalized spacial score (nSPS) is 14.4. The van der Waals surface area contributed by atoms with Gasteiger partial charge in [-0.2, -0.15) is 0 Å². The number of carbonyl (C=O) groups is 1. The summed E-state index contributed by atoms with van der Waals surface area (Å²) in [6, 6.07) is 6.00. The van der Waals surface area contributed by atoms with Crippen LogP contribution in [0.4, 0.5) is 0 Å². The van der Waals surface area contributed by atoms with Crippen molar-refractivity contribution in [3.05, 3.63) is 35.4 Å². The topological polar surface area (TPSA) is 38.3 Å². The molecule has 0 aromatic heterocycles. The van der Waals surface area contributed by atoms with Crippen LogP contribution in [0.2, 0.25) is 0 Å². The van der Waals surface area contributed by atoms with E-state index in [2.05, 4.69) is 11.4 Å². The summed E-state index contributed by atoms with van der Waals surface area (Å²) < 4.78 is 5.44. The molecule has 1 aliphatic heterocycles. The maximum Gasteiger partial charge on any atom is 0.244 e. The lowest BCUT2D eigenvalue weighted by Crippen LogP contribution is -2.39. The minimum atomic E-state index is -0.201. The number of benzene rings is 1. The monoisotopic (exact) mass is 245 g/mol. The quantitative estimate of drug-likeness (QED) is 0.813. The Morgan fingerprint density at radius 2 is 2.17 bits per heavy atom. The average Bonchev–Trinajstić information content (AvgIpc) is 2.71. The van der Waals surface area contributed by atoms with Crippen molar-refractivity contribution in [1.29, 1.82) is 0 Å². The van der Waals surface area contributed by atoms with Crippen LogP contribution in [0.1, 0.15) is 31.9 Å². The fourth-order valence-corrected chi connectivity index (χ4v) is 1.89. The molecule has 0 aliphatic carbocycles. The molecule has 3 nitrogen and oxygen atoms in total. The summed E-state index contributed by atoms with van der Waals surface area (Å²) in [5.41, 5.74) is 2.05. The van der Waals surface area contributed by atoms with Crippen LogP contribution in [0.5, 0.6) is 5.75 Å². The number of nitrogens with one attached hydrogen (secondary N) is 1. The first kappa shape index (κ1) is 12.7. The lowest BCUT2D eigenvalue weighted by atomic mass is 10.1. The van der Waals surface area contributed by atoms with Gasteiger partial charge in [-0.25, -0.2) is 0 Å². The number of hydrogen-bond acceptors (Lipinski definition) is 2. The van der Waals surface area contributed by atoms with Gasteiger partial charge in [0.1, 0.15) is 5.75 Å². The minimum Gasteiger partial charge on any atom is -0.493 e. The smallest absolute Gasteiger partial charge is 0.244 e. The van der Waals surface area contributed by atoms with Gasteiger partial charge in [0.2, 0.25) is 5.91 Å². The predicted molar refractivity (Wildman–Crippen MR) is 72.6 cm³/mol. The highest BCUT2D eigenvalue weighted by atomic mass is 16.5. The van der Waals surface area contributed by atoms with Gasteiger partial charge in [-0.1, -0.05) is 6.07 Å². The highest BCUT2D eigenvalue weighted by Crippen LogP contribution is 2.26. The lowest BCUT2D eigenvalue weighted by molar-refractivity contribution is -0.117. The summed E-state index contributed by atoms with van der Waals surface area (Å²) in [5.74, 6) is 0.894. The van der Waals surface area contributed by atoms with Crippen molar-refractivity contribution in [2.24, 2.45) is 0 Å². The largest absolute Gasteiger partial charge is 0.493 e. The number of fused-ring (bicyclic) bond motifs is 1. The van der Waals surface area contributed by atoms with E-state index in [0.717, 1.165) is 24.3 Å². The zero-order chi connectivity index (χ0) is 13.2. The van der Waals surface area contributed by atoms with Crippen LogP contribution < -0.4 is 10.1 Å². The van der Waals surface area contributed by atoms with Crippen LogP contribution in [-0.4, -0.2) is 18.1 Å². The first-order valence-electron chi connectivity index (χ1n) is 6.20. The molecular formula is C15H19NO2. The fourth-order valence-electron chi connectivity index (χ4n) is 1.89. The van der Waals surface area contributed by atoms with E-state index in [1.807, 2.05) is 39.0 Å². The van der Waals surface area contributed by atoms with Crippen molar-refractivity contribution in [3.63, 3.8) is 0 Å². The summed E-state index contributed by atoms with van der Waals surface area (Å²) in [6.45, 7) is 6.65. The van der Waals surface area contributed by atoms with Crippen molar-refractivity contribution in [2.75, 3.05) is 6.61 Å². The molecule has 2 rings (SSSR count). The highest BCUT2D eigenvalue weighted by molar-refractivity contribution is 5.92. The van der Waals surface area contributed by atoms with Gasteiger partial charge in [-0.05, 0) is 50.1 Å². The van der Waals surface area contributed by atoms with Gasteiger partial charge in [0, 0.05) is 18.0 Å². The first-order valence-corrected chi connectivity index (χ1v) is 6.20. The van der Waals surface area contributed by atoms with Crippen molar-refractivity contribution in [1.82, 2.24) is 5.32 Å². The van der Waals surface area contributed by atoms with Crippen LogP contribution in [0.25, 0.3) is 6.08 Å². The first-order chi connectivity index (χ1) is 8.44. The van der Waals surface area contributed by atoms with Crippen molar-refractivity contribution in [3.8, 4) is 5.75 Å². The Kier molecular flexibility index (Phi) is 3.41. The molecule has 96 valence electrons. The molecule has 0 saturated carbocycles. The van der Waals surface area contributed by atoms with Crippen molar-refractivity contribution >= 4 is 12.0 Å². The zero-order valence-corrected chi connectivity index (χ0v) is 11.1. The summed E-state index contributed by atoms with van der Waals surface area (Å²) in [7, 11) is 0. The molecular weight excluding hydrogens is 226 g/mol. The van der Waals surface area contributed by atoms with E-state index in [1.165, 1.54) is 5.56 Å². The van der Waals surface area contributed by atoms with Gasteiger partial charge in [-0.3, -0.25) is 4.79 Å². The molecule has 0 spiro atoms. The second-order valence-electron chi connectivity index (χ2n) is 5.54. The molecule has 1 aromatic carbocycles. The van der Waals surface area contributed by atoms with Gasteiger partial charge in [0.05, 0.1) is 6.61 Å². The molecule has 1 N–H and O–H groups in total. The third-order valence-corrected chi connectivity index (χ3v) is 2.64. The van der Waals surface area contributed by atoms with Gasteiger partial charge >= 0.3 is 0 Å². The summed E-state index contributed by atoms with van der Waals surface area (Å²) in [5, 5.41) is 2.89. The van der Waals surface area contributed by atoms with E-state index < -0.39 is 0 Å². The number of carbonyl (C=O) groups excluding carboxylic acids is 1. The van der Waals surface area contributed by atoms with Gasteiger partial charge < -0.3 is 10.1 Å². The van der Waals surface area contributed by atoms with Gasteiger partial charge in [-0.15, -0.1) is 0 Å². The third kappa shape index (κ3) is 3.36. The predicted octanol–water partition coefficient (Wildman–Crippen LogP) is 2.55. The molecule has 0 bridgehead atoms. The van der Waals surface area contributed by atoms with Gasteiger partial charge in [0.15, 0.2) is 0 Å². The van der Waals surface area contributed by atoms with Crippen LogP contribution in [0, 0.1) is 0 Å². The van der Waals surface area contributed by atoms with Crippen LogP contribution >= 0.6 is 0 Å². The third-order valence-electron chi connectivity index (χ3n) is 2.64. The SMILES string of the molecule is CC(C)(C)NC(=O)/C=C/c1ccc2c(c1)CCO2. The molecule has 0 atom stereocenters. The Morgan fingerprint density at radius 1 is 1.39 bits per heavy atom. The number of rotatable bonds is 2. The second-order valence-corrected chi connectivity index (χ2v) is 5.54. The minimum absolute atomic E-state index is 0.0701. The molecule has 0 saturated heterocycles. The van der Waals surface area contributed by atoms with E-state index in [-0.39, 0.29) is 11.4 Å². The zero-order valence-electron chi connectivity index (χ0n) is 11.1. The molecule has 1 aromatic rings. The Balaban J connectivity index is 2.03. The van der Waals surface area contributed by atoms with E-state index in [9.17, 15) is 4.79 Å². The Bertz CT molecular complexity index is 484. The number of hydrogen-bond donors (Lipinski definition) is 1. The Morgan fingerprint density at radius 3 is 2.89 bits per heavy atom. The molecule has 0 radical (unpaired) electrons. The summed E-state index contributed by atoms with van der Waals surface area (Å²) in [6.07, 6.45) is 4.35. The van der Waals surface area contributed by atoms with E-state index in [1.54, 1.807) is 6.08 Å². The summed E-state index contributed by atoms with van der Waals surface area (Å²) >= 11 is 0. The highest BCUT2D eigenvalue weighted by Gasteiger charge is 2.12. The van der Waals surface area contributed by atoms with Crippen LogP contribution in [-0.2, 0) is 11.2 Å². The maximum absolute atomic E-state index is 11.6. The fraction of sp³-hybridized carbons (Fsp3) is 0.400.